The van der Waals surface area contributed by atoms with Crippen LogP contribution >= 0.6 is 22.9 Å². The van der Waals surface area contributed by atoms with Crippen LogP contribution in [0.5, 0.6) is 11.5 Å². The molecule has 0 bridgehead atoms. The molecule has 4 rings (SSSR count). The quantitative estimate of drug-likeness (QED) is 0.470. The third-order valence-corrected chi connectivity index (χ3v) is 5.66. The first-order valence-corrected chi connectivity index (χ1v) is 9.80. The number of aromatic nitrogens is 2. The van der Waals surface area contributed by atoms with Crippen LogP contribution in [0.2, 0.25) is 5.02 Å². The number of hydrogen-bond donors (Lipinski definition) is 0. The largest absolute Gasteiger partial charge is 0.493 e. The van der Waals surface area contributed by atoms with Crippen LogP contribution in [0.15, 0.2) is 59.0 Å². The molecule has 142 valence electrons. The van der Waals surface area contributed by atoms with Crippen LogP contribution in [0.3, 0.4) is 0 Å². The van der Waals surface area contributed by atoms with Gasteiger partial charge < -0.3 is 9.47 Å². The molecule has 0 spiro atoms. The second kappa shape index (κ2) is 7.66. The first-order chi connectivity index (χ1) is 13.6. The zero-order valence-electron chi connectivity index (χ0n) is 15.3. The van der Waals surface area contributed by atoms with Crippen LogP contribution in [0.1, 0.15) is 5.56 Å². The van der Waals surface area contributed by atoms with Crippen molar-refractivity contribution in [3.8, 4) is 22.6 Å². The SMILES string of the molecule is COc1ccc(-c2csc3ncn(Cc4ccc(Cl)cc4)c(=O)c23)cc1OC. The van der Waals surface area contributed by atoms with Crippen molar-refractivity contribution >= 4 is 33.2 Å². The van der Waals surface area contributed by atoms with E-state index in [1.54, 1.807) is 25.1 Å². The van der Waals surface area contributed by atoms with Crippen molar-refractivity contribution in [3.63, 3.8) is 0 Å². The van der Waals surface area contributed by atoms with Crippen LogP contribution in [0.25, 0.3) is 21.3 Å². The Morgan fingerprint density at radius 1 is 1.07 bits per heavy atom. The van der Waals surface area contributed by atoms with Gasteiger partial charge in [0.1, 0.15) is 4.83 Å². The molecule has 0 N–H and O–H groups in total. The second-order valence-corrected chi connectivity index (χ2v) is 7.50. The molecule has 0 saturated heterocycles. The highest BCUT2D eigenvalue weighted by Crippen LogP contribution is 2.36. The van der Waals surface area contributed by atoms with Gasteiger partial charge in [0, 0.05) is 16.0 Å². The van der Waals surface area contributed by atoms with Gasteiger partial charge in [0.25, 0.3) is 5.56 Å². The summed E-state index contributed by atoms with van der Waals surface area (Å²) >= 11 is 7.39. The van der Waals surface area contributed by atoms with Gasteiger partial charge in [0.05, 0.1) is 32.5 Å². The Morgan fingerprint density at radius 2 is 1.82 bits per heavy atom. The van der Waals surface area contributed by atoms with Gasteiger partial charge in [-0.05, 0) is 35.4 Å². The lowest BCUT2D eigenvalue weighted by Crippen LogP contribution is -2.20. The number of ether oxygens (including phenoxy) is 2. The van der Waals surface area contributed by atoms with Crippen LogP contribution < -0.4 is 15.0 Å². The van der Waals surface area contributed by atoms with Gasteiger partial charge in [-0.1, -0.05) is 29.8 Å². The number of hydrogen-bond acceptors (Lipinski definition) is 5. The summed E-state index contributed by atoms with van der Waals surface area (Å²) in [5.41, 5.74) is 2.62. The number of rotatable bonds is 5. The number of halogens is 1. The zero-order valence-corrected chi connectivity index (χ0v) is 16.9. The Kier molecular flexibility index (Phi) is 5.07. The predicted octanol–water partition coefficient (Wildman–Crippen LogP) is 4.84. The van der Waals surface area contributed by atoms with E-state index >= 15 is 0 Å². The standard InChI is InChI=1S/C21H17ClN2O3S/c1-26-17-8-5-14(9-18(17)27-2)16-11-28-20-19(16)21(25)24(12-23-20)10-13-3-6-15(22)7-4-13/h3-9,11-12H,10H2,1-2H3. The molecule has 4 aromatic rings. The number of methoxy groups -OCH3 is 2. The van der Waals surface area contributed by atoms with Crippen molar-refractivity contribution < 1.29 is 9.47 Å². The smallest absolute Gasteiger partial charge is 0.263 e. The molecule has 0 unspecified atom stereocenters. The lowest BCUT2D eigenvalue weighted by molar-refractivity contribution is 0.355. The predicted molar refractivity (Wildman–Crippen MR) is 113 cm³/mol. The van der Waals surface area contributed by atoms with E-state index in [-0.39, 0.29) is 5.56 Å². The molecule has 0 fully saturated rings. The van der Waals surface area contributed by atoms with Crippen LogP contribution in [0, 0.1) is 0 Å². The van der Waals surface area contributed by atoms with Gasteiger partial charge in [-0.3, -0.25) is 9.36 Å². The third kappa shape index (κ3) is 3.37. The molecule has 0 aliphatic rings. The Bertz CT molecular complexity index is 1200. The van der Waals surface area contributed by atoms with Gasteiger partial charge in [0.15, 0.2) is 11.5 Å². The molecular weight excluding hydrogens is 396 g/mol. The Labute approximate surface area is 170 Å². The molecule has 28 heavy (non-hydrogen) atoms. The second-order valence-electron chi connectivity index (χ2n) is 6.20. The highest BCUT2D eigenvalue weighted by atomic mass is 35.5. The minimum absolute atomic E-state index is 0.0778. The lowest BCUT2D eigenvalue weighted by atomic mass is 10.1. The van der Waals surface area contributed by atoms with E-state index in [4.69, 9.17) is 21.1 Å². The summed E-state index contributed by atoms with van der Waals surface area (Å²) in [6, 6.07) is 13.1. The molecular formula is C21H17ClN2O3S. The minimum Gasteiger partial charge on any atom is -0.493 e. The van der Waals surface area contributed by atoms with E-state index in [9.17, 15) is 4.79 Å². The lowest BCUT2D eigenvalue weighted by Gasteiger charge is -2.10. The fourth-order valence-corrected chi connectivity index (χ4v) is 4.12. The fourth-order valence-electron chi connectivity index (χ4n) is 3.08. The third-order valence-electron chi connectivity index (χ3n) is 4.52. The molecule has 0 saturated carbocycles. The number of benzene rings is 2. The van der Waals surface area contributed by atoms with Crippen molar-refractivity contribution in [1.82, 2.24) is 9.55 Å². The van der Waals surface area contributed by atoms with Crippen molar-refractivity contribution in [2.24, 2.45) is 0 Å². The average Bonchev–Trinajstić information content (AvgIpc) is 3.16. The molecule has 0 amide bonds. The molecule has 0 atom stereocenters. The maximum Gasteiger partial charge on any atom is 0.263 e. The maximum absolute atomic E-state index is 13.2. The fraction of sp³-hybridized carbons (Fsp3) is 0.143. The van der Waals surface area contributed by atoms with Crippen LogP contribution in [0.4, 0.5) is 0 Å². The van der Waals surface area contributed by atoms with Crippen LogP contribution in [-0.2, 0) is 6.54 Å². The Balaban J connectivity index is 1.81. The van der Waals surface area contributed by atoms with Gasteiger partial charge in [-0.2, -0.15) is 0 Å². The van der Waals surface area contributed by atoms with E-state index in [0.29, 0.717) is 33.3 Å². The molecule has 0 aliphatic carbocycles. The molecule has 2 aromatic heterocycles. The summed E-state index contributed by atoms with van der Waals surface area (Å²) in [6.45, 7) is 0.431. The molecule has 2 aromatic carbocycles. The normalized spacial score (nSPS) is 11.0. The Hall–Kier alpha value is -2.83. The van der Waals surface area contributed by atoms with E-state index < -0.39 is 0 Å². The van der Waals surface area contributed by atoms with Gasteiger partial charge in [0.2, 0.25) is 0 Å². The minimum atomic E-state index is -0.0778. The number of thiophene rings is 1. The summed E-state index contributed by atoms with van der Waals surface area (Å²) in [4.78, 5) is 18.4. The molecule has 2 heterocycles. The van der Waals surface area contributed by atoms with Crippen molar-refractivity contribution in [2.45, 2.75) is 6.54 Å². The van der Waals surface area contributed by atoms with E-state index in [1.807, 2.05) is 47.8 Å². The highest BCUT2D eigenvalue weighted by molar-refractivity contribution is 7.17. The average molecular weight is 413 g/mol. The molecule has 7 heteroatoms. The van der Waals surface area contributed by atoms with E-state index in [2.05, 4.69) is 4.98 Å². The maximum atomic E-state index is 13.2. The van der Waals surface area contributed by atoms with Crippen molar-refractivity contribution in [2.75, 3.05) is 14.2 Å². The first kappa shape index (κ1) is 18.5. The Morgan fingerprint density at radius 3 is 2.54 bits per heavy atom. The number of nitrogens with zero attached hydrogens (tertiary/aromatic N) is 2. The molecule has 0 radical (unpaired) electrons. The zero-order chi connectivity index (χ0) is 19.7. The monoisotopic (exact) mass is 412 g/mol. The van der Waals surface area contributed by atoms with E-state index in [1.165, 1.54) is 11.3 Å². The highest BCUT2D eigenvalue weighted by Gasteiger charge is 2.15. The molecule has 0 aliphatic heterocycles. The summed E-state index contributed by atoms with van der Waals surface area (Å²) in [5.74, 6) is 1.26. The van der Waals surface area contributed by atoms with Crippen molar-refractivity contribution in [1.29, 1.82) is 0 Å². The number of fused-ring (bicyclic) bond motifs is 1. The van der Waals surface area contributed by atoms with E-state index in [0.717, 1.165) is 16.7 Å². The van der Waals surface area contributed by atoms with Gasteiger partial charge >= 0.3 is 0 Å². The topological polar surface area (TPSA) is 53.4 Å². The molecule has 5 nitrogen and oxygen atoms in total. The van der Waals surface area contributed by atoms with Crippen LogP contribution in [-0.4, -0.2) is 23.8 Å². The van der Waals surface area contributed by atoms with Gasteiger partial charge in [-0.15, -0.1) is 11.3 Å². The van der Waals surface area contributed by atoms with Crippen molar-refractivity contribution in [3.05, 3.63) is 75.1 Å². The first-order valence-electron chi connectivity index (χ1n) is 8.54. The summed E-state index contributed by atoms with van der Waals surface area (Å²) < 4.78 is 12.3. The summed E-state index contributed by atoms with van der Waals surface area (Å²) in [6.07, 6.45) is 1.59. The summed E-state index contributed by atoms with van der Waals surface area (Å²) in [5, 5.41) is 3.22. The van der Waals surface area contributed by atoms with Gasteiger partial charge in [-0.25, -0.2) is 4.98 Å². The summed E-state index contributed by atoms with van der Waals surface area (Å²) in [7, 11) is 3.19.